The third-order valence-electron chi connectivity index (χ3n) is 5.95. The molecule has 1 N–H and O–H groups in total. The highest BCUT2D eigenvalue weighted by molar-refractivity contribution is 7.22. The smallest absolute Gasteiger partial charge is 0.296 e. The van der Waals surface area contributed by atoms with Crippen molar-refractivity contribution in [1.29, 1.82) is 0 Å². The molecule has 0 saturated heterocycles. The van der Waals surface area contributed by atoms with Crippen LogP contribution in [0.2, 0.25) is 0 Å². The number of aliphatic hydroxyl groups is 1. The number of ether oxygens (including phenoxy) is 2. The van der Waals surface area contributed by atoms with Gasteiger partial charge in [0.25, 0.3) is 5.91 Å². The number of aryl methyl sites for hydroxylation is 2. The molecule has 0 spiro atoms. The summed E-state index contributed by atoms with van der Waals surface area (Å²) < 4.78 is 11.8. The Bertz CT molecular complexity index is 1500. The van der Waals surface area contributed by atoms with Crippen LogP contribution in [0, 0.1) is 13.8 Å². The van der Waals surface area contributed by atoms with Gasteiger partial charge in [0, 0.05) is 0 Å². The number of carbonyl (C=O) groups is 2. The first-order valence-corrected chi connectivity index (χ1v) is 12.5. The zero-order chi connectivity index (χ0) is 24.9. The van der Waals surface area contributed by atoms with Gasteiger partial charge in [-0.25, -0.2) is 4.98 Å². The van der Waals surface area contributed by atoms with Crippen LogP contribution >= 0.6 is 22.7 Å². The van der Waals surface area contributed by atoms with E-state index < -0.39 is 23.5 Å². The summed E-state index contributed by atoms with van der Waals surface area (Å²) >= 11 is 2.60. The van der Waals surface area contributed by atoms with E-state index >= 15 is 0 Å². The van der Waals surface area contributed by atoms with Crippen LogP contribution < -0.4 is 14.4 Å². The number of Topliss-reactive ketones (excluding diaryl/α,β-unsaturated/α-hetero) is 1. The summed E-state index contributed by atoms with van der Waals surface area (Å²) in [6, 6.07) is 11.8. The number of hydrogen-bond donors (Lipinski definition) is 1. The molecular weight excluding hydrogens is 484 g/mol. The summed E-state index contributed by atoms with van der Waals surface area (Å²) in [6.45, 7) is 3.97. The molecule has 7 nitrogen and oxygen atoms in total. The summed E-state index contributed by atoms with van der Waals surface area (Å²) in [7, 11) is 3.05. The van der Waals surface area contributed by atoms with Gasteiger partial charge in [0.1, 0.15) is 0 Å². The monoisotopic (exact) mass is 506 g/mol. The number of aliphatic hydroxyl groups excluding tert-OH is 1. The van der Waals surface area contributed by atoms with Crippen LogP contribution in [0.1, 0.15) is 32.4 Å². The van der Waals surface area contributed by atoms with E-state index in [0.29, 0.717) is 27.1 Å². The Kier molecular flexibility index (Phi) is 5.82. The highest BCUT2D eigenvalue weighted by atomic mass is 32.1. The molecule has 5 rings (SSSR count). The van der Waals surface area contributed by atoms with E-state index in [1.807, 2.05) is 26.0 Å². The van der Waals surface area contributed by atoms with Crippen molar-refractivity contribution in [2.75, 3.05) is 19.1 Å². The molecule has 4 aromatic rings. The lowest BCUT2D eigenvalue weighted by Gasteiger charge is -2.25. The van der Waals surface area contributed by atoms with Gasteiger partial charge in [-0.15, -0.1) is 11.3 Å². The molecule has 1 aliphatic rings. The van der Waals surface area contributed by atoms with Crippen LogP contribution in [0.4, 0.5) is 5.13 Å². The number of thiazole rings is 1. The average Bonchev–Trinajstić information content (AvgIpc) is 3.57. The predicted octanol–water partition coefficient (Wildman–Crippen LogP) is 5.77. The Morgan fingerprint density at radius 3 is 2.54 bits per heavy atom. The number of aromatic nitrogens is 1. The van der Waals surface area contributed by atoms with E-state index in [9.17, 15) is 14.7 Å². The number of anilines is 1. The fraction of sp³-hybridized carbons (Fsp3) is 0.192. The van der Waals surface area contributed by atoms with Gasteiger partial charge in [-0.3, -0.25) is 14.5 Å². The molecule has 0 radical (unpaired) electrons. The molecule has 0 saturated carbocycles. The van der Waals surface area contributed by atoms with Crippen molar-refractivity contribution in [2.24, 2.45) is 0 Å². The first-order valence-electron chi connectivity index (χ1n) is 10.8. The van der Waals surface area contributed by atoms with E-state index in [0.717, 1.165) is 21.3 Å². The average molecular weight is 507 g/mol. The van der Waals surface area contributed by atoms with Crippen LogP contribution in [-0.4, -0.2) is 36.0 Å². The molecule has 1 aliphatic heterocycles. The van der Waals surface area contributed by atoms with Crippen molar-refractivity contribution in [3.63, 3.8) is 0 Å². The molecule has 0 unspecified atom stereocenters. The van der Waals surface area contributed by atoms with Crippen molar-refractivity contribution in [3.05, 3.63) is 80.7 Å². The molecule has 0 fully saturated rings. The fourth-order valence-electron chi connectivity index (χ4n) is 4.38. The molecule has 2 aromatic carbocycles. The fourth-order valence-corrected chi connectivity index (χ4v) is 6.22. The van der Waals surface area contributed by atoms with Gasteiger partial charge < -0.3 is 14.6 Å². The van der Waals surface area contributed by atoms with Gasteiger partial charge in [0.2, 0.25) is 5.78 Å². The summed E-state index contributed by atoms with van der Waals surface area (Å²) in [5.74, 6) is -0.685. The van der Waals surface area contributed by atoms with Crippen LogP contribution in [0.25, 0.3) is 10.2 Å². The van der Waals surface area contributed by atoms with Crippen LogP contribution in [0.5, 0.6) is 11.5 Å². The van der Waals surface area contributed by atoms with E-state index in [2.05, 4.69) is 0 Å². The number of nitrogens with zero attached hydrogens (tertiary/aromatic N) is 2. The number of methoxy groups -OCH3 is 2. The lowest BCUT2D eigenvalue weighted by molar-refractivity contribution is -0.117. The van der Waals surface area contributed by atoms with Crippen molar-refractivity contribution in [1.82, 2.24) is 4.98 Å². The van der Waals surface area contributed by atoms with E-state index in [1.54, 1.807) is 35.7 Å². The number of thiophene rings is 1. The largest absolute Gasteiger partial charge is 0.503 e. The number of ketones is 1. The number of benzene rings is 2. The lowest BCUT2D eigenvalue weighted by Crippen LogP contribution is -2.31. The minimum atomic E-state index is -0.890. The molecule has 9 heteroatoms. The van der Waals surface area contributed by atoms with Gasteiger partial charge in [0.15, 0.2) is 22.4 Å². The maximum Gasteiger partial charge on any atom is 0.296 e. The number of amides is 1. The van der Waals surface area contributed by atoms with Crippen LogP contribution in [-0.2, 0) is 4.79 Å². The maximum absolute atomic E-state index is 13.5. The Morgan fingerprint density at radius 2 is 1.86 bits per heavy atom. The number of carbonyl (C=O) groups excluding carboxylic acids is 2. The molecule has 1 amide bonds. The molecule has 0 aliphatic carbocycles. The second kappa shape index (κ2) is 8.83. The molecular formula is C26H22N2O5S2. The lowest BCUT2D eigenvalue weighted by atomic mass is 9.95. The van der Waals surface area contributed by atoms with Gasteiger partial charge >= 0.3 is 0 Å². The van der Waals surface area contributed by atoms with Crippen LogP contribution in [0.3, 0.4) is 0 Å². The molecule has 3 heterocycles. The molecule has 2 aromatic heterocycles. The first kappa shape index (κ1) is 23.1. The Hall–Kier alpha value is -3.69. The Labute approximate surface area is 209 Å². The van der Waals surface area contributed by atoms with Gasteiger partial charge in [-0.05, 0) is 60.2 Å². The number of fused-ring (bicyclic) bond motifs is 1. The predicted molar refractivity (Wildman–Crippen MR) is 137 cm³/mol. The zero-order valence-corrected chi connectivity index (χ0v) is 21.1. The minimum Gasteiger partial charge on any atom is -0.503 e. The summed E-state index contributed by atoms with van der Waals surface area (Å²) in [5, 5.41) is 13.2. The third-order valence-corrected chi connectivity index (χ3v) is 7.82. The topological polar surface area (TPSA) is 89.0 Å². The molecule has 35 heavy (non-hydrogen) atoms. The highest BCUT2D eigenvalue weighted by Gasteiger charge is 2.46. The van der Waals surface area contributed by atoms with Crippen LogP contribution in [0.15, 0.2) is 59.2 Å². The third kappa shape index (κ3) is 3.77. The molecule has 178 valence electrons. The Balaban J connectivity index is 1.71. The van der Waals surface area contributed by atoms with Crippen molar-refractivity contribution in [2.45, 2.75) is 19.9 Å². The maximum atomic E-state index is 13.5. The van der Waals surface area contributed by atoms with Gasteiger partial charge in [0.05, 0.1) is 40.9 Å². The van der Waals surface area contributed by atoms with Crippen molar-refractivity contribution in [3.8, 4) is 11.5 Å². The summed E-state index contributed by atoms with van der Waals surface area (Å²) in [4.78, 5) is 33.6. The van der Waals surface area contributed by atoms with E-state index in [4.69, 9.17) is 14.5 Å². The summed E-state index contributed by atoms with van der Waals surface area (Å²) in [6.07, 6.45) is 0. The van der Waals surface area contributed by atoms with E-state index in [-0.39, 0.29) is 5.57 Å². The van der Waals surface area contributed by atoms with Crippen molar-refractivity contribution >= 4 is 49.7 Å². The standard InChI is InChI=1S/C26H22N2O5S2/c1-13-10-14(2)21-19(11-13)35-26(27-21)28-22(15-7-8-16(32-3)17(12-15)33-4)20(24(30)25(28)31)23(29)18-6-5-9-34-18/h5-12,22,30H,1-4H3/t22-/m1/s1. The Morgan fingerprint density at radius 1 is 1.09 bits per heavy atom. The van der Waals surface area contributed by atoms with Gasteiger partial charge in [-0.2, -0.15) is 0 Å². The molecule has 0 bridgehead atoms. The normalized spacial score (nSPS) is 15.8. The highest BCUT2D eigenvalue weighted by Crippen LogP contribution is 2.46. The first-order chi connectivity index (χ1) is 16.8. The van der Waals surface area contributed by atoms with E-state index in [1.165, 1.54) is 41.8 Å². The number of rotatable bonds is 6. The second-order valence-corrected chi connectivity index (χ2v) is 10.1. The zero-order valence-electron chi connectivity index (χ0n) is 19.5. The number of hydrogen-bond acceptors (Lipinski definition) is 8. The SMILES string of the molecule is COc1ccc([C@@H]2C(C(=O)c3cccs3)=C(O)C(=O)N2c2nc3c(C)cc(C)cc3s2)cc1OC. The summed E-state index contributed by atoms with van der Waals surface area (Å²) in [5.41, 5.74) is 3.46. The molecule has 1 atom stereocenters. The minimum absolute atomic E-state index is 0.0110. The second-order valence-electron chi connectivity index (χ2n) is 8.19. The van der Waals surface area contributed by atoms with Crippen molar-refractivity contribution < 1.29 is 24.2 Å². The quantitative estimate of drug-likeness (QED) is 0.334. The van der Waals surface area contributed by atoms with Gasteiger partial charge in [-0.1, -0.05) is 29.5 Å².